The van der Waals surface area contributed by atoms with Crippen molar-refractivity contribution in [3.63, 3.8) is 0 Å². The number of fused-ring (bicyclic) bond motifs is 1. The first-order valence-electron chi connectivity index (χ1n) is 5.20. The molecular formula is C10H9N5OS2. The molecule has 0 atom stereocenters. The Morgan fingerprint density at radius 1 is 1.50 bits per heavy atom. The van der Waals surface area contributed by atoms with Gasteiger partial charge in [0.15, 0.2) is 4.96 Å². The van der Waals surface area contributed by atoms with Gasteiger partial charge in [-0.2, -0.15) is 0 Å². The molecular weight excluding hydrogens is 270 g/mol. The normalized spacial score (nSPS) is 11.2. The van der Waals surface area contributed by atoms with Gasteiger partial charge in [-0.25, -0.2) is 9.97 Å². The zero-order chi connectivity index (χ0) is 12.5. The summed E-state index contributed by atoms with van der Waals surface area (Å²) in [5.74, 6) is 1.36. The number of H-pyrrole nitrogens is 1. The fourth-order valence-electron chi connectivity index (χ4n) is 1.49. The number of aryl methyl sites for hydroxylation is 1. The summed E-state index contributed by atoms with van der Waals surface area (Å²) < 4.78 is 1.54. The van der Waals surface area contributed by atoms with Crippen molar-refractivity contribution in [3.05, 3.63) is 39.5 Å². The van der Waals surface area contributed by atoms with Gasteiger partial charge in [0.2, 0.25) is 5.16 Å². The second-order valence-electron chi connectivity index (χ2n) is 3.63. The minimum absolute atomic E-state index is 0.0528. The van der Waals surface area contributed by atoms with Crippen LogP contribution in [0.15, 0.2) is 27.6 Å². The van der Waals surface area contributed by atoms with Gasteiger partial charge in [0.25, 0.3) is 5.56 Å². The second-order valence-corrected chi connectivity index (χ2v) is 5.45. The monoisotopic (exact) mass is 279 g/mol. The van der Waals surface area contributed by atoms with E-state index >= 15 is 0 Å². The number of nitrogens with one attached hydrogen (secondary N) is 1. The highest BCUT2D eigenvalue weighted by molar-refractivity contribution is 7.98. The van der Waals surface area contributed by atoms with E-state index in [0.29, 0.717) is 15.9 Å². The molecule has 3 aromatic rings. The summed E-state index contributed by atoms with van der Waals surface area (Å²) >= 11 is 2.90. The van der Waals surface area contributed by atoms with Crippen molar-refractivity contribution in [2.45, 2.75) is 17.8 Å². The molecule has 3 rings (SSSR count). The molecule has 8 heteroatoms. The average Bonchev–Trinajstić information content (AvgIpc) is 2.95. The van der Waals surface area contributed by atoms with E-state index in [0.717, 1.165) is 11.5 Å². The van der Waals surface area contributed by atoms with Crippen molar-refractivity contribution in [2.24, 2.45) is 0 Å². The molecule has 3 heterocycles. The predicted octanol–water partition coefficient (Wildman–Crippen LogP) is 1.47. The third-order valence-corrected chi connectivity index (χ3v) is 3.92. The fourth-order valence-corrected chi connectivity index (χ4v) is 2.96. The van der Waals surface area contributed by atoms with Crippen molar-refractivity contribution < 1.29 is 0 Å². The first kappa shape index (κ1) is 11.4. The number of hydrogen-bond donors (Lipinski definition) is 1. The van der Waals surface area contributed by atoms with Gasteiger partial charge in [0, 0.05) is 23.4 Å². The number of aromatic nitrogens is 5. The Hall–Kier alpha value is -1.67. The first-order chi connectivity index (χ1) is 8.72. The highest BCUT2D eigenvalue weighted by Gasteiger charge is 2.06. The fraction of sp³-hybridized carbons (Fsp3) is 0.200. The second kappa shape index (κ2) is 4.54. The van der Waals surface area contributed by atoms with Crippen molar-refractivity contribution in [3.8, 4) is 0 Å². The SMILES string of the molecule is Cc1nc(SCc2cc(=O)n3ccsc3n2)n[nH]1. The molecule has 6 nitrogen and oxygen atoms in total. The molecule has 0 saturated carbocycles. The molecule has 0 amide bonds. The van der Waals surface area contributed by atoms with E-state index in [1.54, 1.807) is 12.3 Å². The lowest BCUT2D eigenvalue weighted by Gasteiger charge is -1.98. The Morgan fingerprint density at radius 2 is 2.39 bits per heavy atom. The number of thiazole rings is 1. The molecule has 0 spiro atoms. The molecule has 0 bridgehead atoms. The summed E-state index contributed by atoms with van der Waals surface area (Å²) in [4.78, 5) is 21.1. The van der Waals surface area contributed by atoms with E-state index in [2.05, 4.69) is 20.2 Å². The maximum atomic E-state index is 11.8. The number of nitrogens with zero attached hydrogens (tertiary/aromatic N) is 4. The van der Waals surface area contributed by atoms with Gasteiger partial charge in [-0.3, -0.25) is 14.3 Å². The lowest BCUT2D eigenvalue weighted by Crippen LogP contribution is -2.12. The van der Waals surface area contributed by atoms with E-state index in [4.69, 9.17) is 0 Å². The quantitative estimate of drug-likeness (QED) is 0.735. The molecule has 0 unspecified atom stereocenters. The van der Waals surface area contributed by atoms with Crippen LogP contribution in [0.25, 0.3) is 4.96 Å². The highest BCUT2D eigenvalue weighted by Crippen LogP contribution is 2.18. The van der Waals surface area contributed by atoms with Crippen LogP contribution >= 0.6 is 23.1 Å². The van der Waals surface area contributed by atoms with Gasteiger partial charge in [-0.1, -0.05) is 11.8 Å². The maximum absolute atomic E-state index is 11.8. The van der Waals surface area contributed by atoms with Gasteiger partial charge in [-0.15, -0.1) is 16.4 Å². The topological polar surface area (TPSA) is 75.9 Å². The largest absolute Gasteiger partial charge is 0.269 e. The van der Waals surface area contributed by atoms with Crippen LogP contribution in [0.5, 0.6) is 0 Å². The number of aromatic amines is 1. The molecule has 1 N–H and O–H groups in total. The van der Waals surface area contributed by atoms with E-state index in [9.17, 15) is 4.79 Å². The van der Waals surface area contributed by atoms with Gasteiger partial charge in [-0.05, 0) is 6.92 Å². The van der Waals surface area contributed by atoms with Crippen LogP contribution in [0.1, 0.15) is 11.5 Å². The maximum Gasteiger partial charge on any atom is 0.258 e. The third-order valence-electron chi connectivity index (χ3n) is 2.28. The van der Waals surface area contributed by atoms with Crippen molar-refractivity contribution in [1.82, 2.24) is 24.6 Å². The zero-order valence-electron chi connectivity index (χ0n) is 9.45. The van der Waals surface area contributed by atoms with Crippen LogP contribution in [-0.2, 0) is 5.75 Å². The van der Waals surface area contributed by atoms with E-state index in [-0.39, 0.29) is 5.56 Å². The van der Waals surface area contributed by atoms with Crippen molar-refractivity contribution in [2.75, 3.05) is 0 Å². The molecule has 0 aliphatic rings. The van der Waals surface area contributed by atoms with Gasteiger partial charge >= 0.3 is 0 Å². The summed E-state index contributed by atoms with van der Waals surface area (Å²) in [5, 5.41) is 9.31. The molecule has 0 aromatic carbocycles. The Kier molecular flexibility index (Phi) is 2.88. The average molecular weight is 279 g/mol. The third kappa shape index (κ3) is 2.16. The van der Waals surface area contributed by atoms with Gasteiger partial charge in [0.1, 0.15) is 5.82 Å². The molecule has 0 aliphatic heterocycles. The zero-order valence-corrected chi connectivity index (χ0v) is 11.1. The summed E-state index contributed by atoms with van der Waals surface area (Å²) in [6.45, 7) is 1.85. The minimum Gasteiger partial charge on any atom is -0.269 e. The summed E-state index contributed by atoms with van der Waals surface area (Å²) in [6, 6.07) is 1.55. The first-order valence-corrected chi connectivity index (χ1v) is 7.06. The summed E-state index contributed by atoms with van der Waals surface area (Å²) in [5.41, 5.74) is 0.693. The predicted molar refractivity (Wildman–Crippen MR) is 70.0 cm³/mol. The van der Waals surface area contributed by atoms with Crippen LogP contribution in [0.4, 0.5) is 0 Å². The molecule has 0 saturated heterocycles. The van der Waals surface area contributed by atoms with Crippen LogP contribution < -0.4 is 5.56 Å². The van der Waals surface area contributed by atoms with Crippen LogP contribution in [0.3, 0.4) is 0 Å². The van der Waals surface area contributed by atoms with Crippen molar-refractivity contribution >= 4 is 28.1 Å². The number of hydrogen-bond acceptors (Lipinski definition) is 6. The Balaban J connectivity index is 1.84. The Bertz CT molecular complexity index is 744. The van der Waals surface area contributed by atoms with E-state index in [1.807, 2.05) is 12.3 Å². The van der Waals surface area contributed by atoms with Gasteiger partial charge in [0.05, 0.1) is 5.69 Å². The lowest BCUT2D eigenvalue weighted by atomic mass is 10.4. The summed E-state index contributed by atoms with van der Waals surface area (Å²) in [7, 11) is 0. The standard InChI is InChI=1S/C10H9N5OS2/c1-6-11-9(14-13-6)18-5-7-4-8(16)15-2-3-17-10(15)12-7/h2-4H,5H2,1H3,(H,11,13,14). The molecule has 92 valence electrons. The lowest BCUT2D eigenvalue weighted by molar-refractivity contribution is 0.966. The smallest absolute Gasteiger partial charge is 0.258 e. The highest BCUT2D eigenvalue weighted by atomic mass is 32.2. The molecule has 3 aromatic heterocycles. The molecule has 0 aliphatic carbocycles. The number of rotatable bonds is 3. The number of thioether (sulfide) groups is 1. The van der Waals surface area contributed by atoms with Crippen molar-refractivity contribution in [1.29, 1.82) is 0 Å². The molecule has 0 fully saturated rings. The summed E-state index contributed by atoms with van der Waals surface area (Å²) in [6.07, 6.45) is 1.73. The van der Waals surface area contributed by atoms with E-state index < -0.39 is 0 Å². The van der Waals surface area contributed by atoms with Crippen LogP contribution in [-0.4, -0.2) is 24.6 Å². The van der Waals surface area contributed by atoms with Crippen LogP contribution in [0, 0.1) is 6.92 Å². The molecule has 0 radical (unpaired) electrons. The minimum atomic E-state index is -0.0528. The van der Waals surface area contributed by atoms with E-state index in [1.165, 1.54) is 27.5 Å². The Morgan fingerprint density at radius 3 is 3.17 bits per heavy atom. The molecule has 18 heavy (non-hydrogen) atoms. The Labute approximate surface area is 110 Å². The van der Waals surface area contributed by atoms with Gasteiger partial charge < -0.3 is 0 Å². The van der Waals surface area contributed by atoms with Crippen LogP contribution in [0.2, 0.25) is 0 Å².